The molecular formula is C64H61N5O9. The summed E-state index contributed by atoms with van der Waals surface area (Å²) in [5.41, 5.74) is 4.39. The van der Waals surface area contributed by atoms with Crippen LogP contribution in [0.1, 0.15) is 95.8 Å². The van der Waals surface area contributed by atoms with Crippen LogP contribution in [0, 0.1) is 17.8 Å². The third-order valence-corrected chi connectivity index (χ3v) is 16.3. The molecule has 3 fully saturated rings. The predicted octanol–water partition coefficient (Wildman–Crippen LogP) is 9.12. The fourth-order valence-corrected chi connectivity index (χ4v) is 12.7. The van der Waals surface area contributed by atoms with Crippen LogP contribution in [0.2, 0.25) is 0 Å². The quantitative estimate of drug-likeness (QED) is 0.0945. The van der Waals surface area contributed by atoms with Crippen LogP contribution in [-0.4, -0.2) is 95.8 Å². The number of nitrogens with one attached hydrogen (secondary N) is 1. The highest BCUT2D eigenvalue weighted by atomic mass is 16.7. The number of esters is 1. The van der Waals surface area contributed by atoms with Crippen LogP contribution in [0.25, 0.3) is 0 Å². The minimum absolute atomic E-state index is 0.0557. The summed E-state index contributed by atoms with van der Waals surface area (Å²) in [6.45, 7) is 4.11. The van der Waals surface area contributed by atoms with Gasteiger partial charge in [-0.15, -0.1) is 0 Å². The van der Waals surface area contributed by atoms with Gasteiger partial charge in [-0.3, -0.25) is 24.2 Å². The second kappa shape index (κ2) is 21.7. The second-order valence-corrected chi connectivity index (χ2v) is 20.9. The summed E-state index contributed by atoms with van der Waals surface area (Å²) in [6, 6.07) is 43.2. The number of fused-ring (bicyclic) bond motifs is 4. The van der Waals surface area contributed by atoms with Crippen LogP contribution in [-0.2, 0) is 31.1 Å². The van der Waals surface area contributed by atoms with E-state index in [0.717, 1.165) is 53.5 Å². The highest BCUT2D eigenvalue weighted by Gasteiger charge is 2.76. The van der Waals surface area contributed by atoms with Crippen molar-refractivity contribution in [3.63, 3.8) is 0 Å². The molecule has 0 aromatic heterocycles. The van der Waals surface area contributed by atoms with Gasteiger partial charge in [0.2, 0.25) is 18.6 Å². The number of morpholine rings is 1. The Morgan fingerprint density at radius 1 is 0.769 bits per heavy atom. The number of allylic oxidation sites excluding steroid dienone is 2. The van der Waals surface area contributed by atoms with E-state index in [0.29, 0.717) is 72.4 Å². The van der Waals surface area contributed by atoms with Gasteiger partial charge >= 0.3 is 12.0 Å². The fourth-order valence-electron chi connectivity index (χ4n) is 12.7. The Morgan fingerprint density at radius 3 is 2.21 bits per heavy atom. The lowest BCUT2D eigenvalue weighted by Gasteiger charge is -2.46. The molecule has 6 aromatic carbocycles. The zero-order valence-corrected chi connectivity index (χ0v) is 43.5. The summed E-state index contributed by atoms with van der Waals surface area (Å²) in [4.78, 5) is 72.1. The number of carbonyl (C=O) groups is 4. The predicted molar refractivity (Wildman–Crippen MR) is 292 cm³/mol. The number of hydrogen-bond donors (Lipinski definition) is 2. The molecule has 4 amide bonds. The molecule has 12 rings (SSSR count). The number of aliphatic hydroxyl groups excluding tert-OH is 1. The van der Waals surface area contributed by atoms with E-state index in [-0.39, 0.29) is 20.0 Å². The first-order valence-corrected chi connectivity index (χ1v) is 27.1. The molecule has 14 nitrogen and oxygen atoms in total. The van der Waals surface area contributed by atoms with Crippen LogP contribution < -0.4 is 24.4 Å². The van der Waals surface area contributed by atoms with Gasteiger partial charge in [-0.2, -0.15) is 0 Å². The highest BCUT2D eigenvalue weighted by molar-refractivity contribution is 6.24. The first-order valence-electron chi connectivity index (χ1n) is 27.1. The van der Waals surface area contributed by atoms with Crippen molar-refractivity contribution in [2.24, 2.45) is 5.92 Å². The van der Waals surface area contributed by atoms with Crippen molar-refractivity contribution in [2.45, 2.75) is 74.8 Å². The van der Waals surface area contributed by atoms with E-state index in [1.54, 1.807) is 23.1 Å². The second-order valence-electron chi connectivity index (χ2n) is 20.9. The van der Waals surface area contributed by atoms with E-state index in [4.69, 9.17) is 18.9 Å². The summed E-state index contributed by atoms with van der Waals surface area (Å²) in [7, 11) is 0. The van der Waals surface area contributed by atoms with Crippen LogP contribution in [0.3, 0.4) is 0 Å². The summed E-state index contributed by atoms with van der Waals surface area (Å²) in [6.07, 6.45) is 5.23. The van der Waals surface area contributed by atoms with E-state index in [1.165, 1.54) is 4.90 Å². The minimum atomic E-state index is -1.96. The number of benzene rings is 6. The number of cyclic esters (lactones) is 1. The molecule has 1 aliphatic carbocycles. The number of nitrogens with zero attached hydrogens (tertiary/aromatic N) is 4. The van der Waals surface area contributed by atoms with Crippen LogP contribution in [0.4, 0.5) is 10.5 Å². The molecular weight excluding hydrogens is 983 g/mol. The average Bonchev–Trinajstić information content (AvgIpc) is 3.51. The molecule has 2 N–H and O–H groups in total. The van der Waals surface area contributed by atoms with E-state index in [2.05, 4.69) is 33.0 Å². The van der Waals surface area contributed by atoms with Crippen LogP contribution >= 0.6 is 0 Å². The number of hydrogen-bond acceptors (Lipinski definition) is 11. The van der Waals surface area contributed by atoms with Crippen LogP contribution in [0.15, 0.2) is 163 Å². The number of ether oxygens (including phenoxy) is 4. The Balaban J connectivity index is 1.06. The van der Waals surface area contributed by atoms with Crippen molar-refractivity contribution >= 4 is 29.5 Å². The summed E-state index contributed by atoms with van der Waals surface area (Å²) < 4.78 is 23.9. The SMILES string of the molecule is C[C@@H](NC(=O)N1C(=O)[C@@]2(c3cc(C#CC4=CCCCC4)ccc31)[C@H](C(=O)N1CCN(Cc3ccc4c(c3)OCO4)CC1)[C@H]1C(=O)O[C@H](c3ccccc3)[C@H](c3ccccc3)N1[C@@H]2c1ccc(OCCO)cc1)c1ccccc1. The molecule has 6 aromatic rings. The van der Waals surface area contributed by atoms with E-state index in [9.17, 15) is 5.11 Å². The van der Waals surface area contributed by atoms with Gasteiger partial charge in [-0.05, 0) is 114 Å². The number of imide groups is 1. The van der Waals surface area contributed by atoms with Gasteiger partial charge in [0.05, 0.1) is 36.3 Å². The van der Waals surface area contributed by atoms with Gasteiger partial charge in [0, 0.05) is 38.3 Å². The molecule has 3 saturated heterocycles. The first kappa shape index (κ1) is 50.6. The number of piperazine rings is 1. The number of aliphatic hydroxyl groups is 1. The maximum Gasteiger partial charge on any atom is 0.329 e. The Morgan fingerprint density at radius 2 is 1.49 bits per heavy atom. The normalized spacial score (nSPS) is 23.9. The molecule has 78 heavy (non-hydrogen) atoms. The first-order chi connectivity index (χ1) is 38.2. The maximum absolute atomic E-state index is 17.0. The molecule has 5 aliphatic heterocycles. The van der Waals surface area contributed by atoms with Crippen molar-refractivity contribution in [1.29, 1.82) is 0 Å². The van der Waals surface area contributed by atoms with Crippen molar-refractivity contribution in [1.82, 2.24) is 20.0 Å². The summed E-state index contributed by atoms with van der Waals surface area (Å²) in [5.74, 6) is 5.58. The molecule has 5 heterocycles. The molecule has 0 bridgehead atoms. The van der Waals surface area contributed by atoms with Gasteiger partial charge in [0.1, 0.15) is 29.9 Å². The Hall–Kier alpha value is -8.22. The Labute approximate surface area is 454 Å². The number of anilines is 1. The topological polar surface area (TPSA) is 150 Å². The molecule has 0 radical (unpaired) electrons. The largest absolute Gasteiger partial charge is 0.491 e. The summed E-state index contributed by atoms with van der Waals surface area (Å²) >= 11 is 0. The lowest BCUT2D eigenvalue weighted by Crippen LogP contribution is -2.59. The Bertz CT molecular complexity index is 3320. The zero-order valence-electron chi connectivity index (χ0n) is 43.5. The van der Waals surface area contributed by atoms with Crippen molar-refractivity contribution in [2.75, 3.05) is 51.1 Å². The molecule has 396 valence electrons. The molecule has 14 heteroatoms. The fraction of sp³-hybridized carbons (Fsp3) is 0.312. The lowest BCUT2D eigenvalue weighted by atomic mass is 9.64. The van der Waals surface area contributed by atoms with Gasteiger partial charge < -0.3 is 34.3 Å². The van der Waals surface area contributed by atoms with Crippen molar-refractivity contribution in [3.8, 4) is 29.1 Å². The molecule has 6 aliphatic rings. The third kappa shape index (κ3) is 9.25. The standard InChI is InChI=1S/C64H61N5O9/c1-42(46-16-8-3-9-17-46)65-63(74)68-52-30-24-44(23-22-43-14-6-2-7-15-43)38-51(52)64(62(68)73)55(60(71)67-34-32-66(33-35-67)40-45-25-31-53-54(39-45)77-41-76-53)57-61(72)78-58(48-20-12-5-13-21-48)56(47-18-10-4-11-19-47)69(57)59(64)49-26-28-50(29-27-49)75-37-36-70/h3-5,8-14,16-21,24-31,38-39,42,55-59,70H,2,6-7,15,32-37,40-41H2,1H3,(H,65,74)/t42-,55+,56+,57+,58-,59-,64+/m1/s1. The molecule has 7 atom stereocenters. The van der Waals surface area contributed by atoms with Gasteiger partial charge in [0.15, 0.2) is 11.5 Å². The lowest BCUT2D eigenvalue weighted by molar-refractivity contribution is -0.179. The number of carbonyl (C=O) groups excluding carboxylic acids is 4. The smallest absolute Gasteiger partial charge is 0.329 e. The molecule has 0 unspecified atom stereocenters. The van der Waals surface area contributed by atoms with Gasteiger partial charge in [0.25, 0.3) is 0 Å². The minimum Gasteiger partial charge on any atom is -0.491 e. The molecule has 0 saturated carbocycles. The highest BCUT2D eigenvalue weighted by Crippen LogP contribution is 2.66. The summed E-state index contributed by atoms with van der Waals surface area (Å²) in [5, 5.41) is 12.9. The maximum atomic E-state index is 17.0. The number of amides is 4. The van der Waals surface area contributed by atoms with Crippen molar-refractivity contribution in [3.05, 3.63) is 202 Å². The van der Waals surface area contributed by atoms with Crippen LogP contribution in [0.5, 0.6) is 17.2 Å². The van der Waals surface area contributed by atoms with Gasteiger partial charge in [-0.25, -0.2) is 9.69 Å². The van der Waals surface area contributed by atoms with Crippen molar-refractivity contribution < 1.29 is 43.2 Å². The average molecular weight is 1040 g/mol. The number of rotatable bonds is 11. The van der Waals surface area contributed by atoms with E-state index >= 15 is 19.2 Å². The van der Waals surface area contributed by atoms with E-state index in [1.807, 2.05) is 140 Å². The monoisotopic (exact) mass is 1040 g/mol. The Kier molecular flexibility index (Phi) is 14.0. The van der Waals surface area contributed by atoms with Gasteiger partial charge in [-0.1, -0.05) is 127 Å². The molecule has 1 spiro atoms. The van der Waals surface area contributed by atoms with E-state index < -0.39 is 65.4 Å². The third-order valence-electron chi connectivity index (χ3n) is 16.3. The zero-order chi connectivity index (χ0) is 53.3. The number of urea groups is 1.